The highest BCUT2D eigenvalue weighted by Gasteiger charge is 2.23. The minimum absolute atomic E-state index is 0.502. The van der Waals surface area contributed by atoms with Crippen LogP contribution < -0.4 is 11.1 Å². The Bertz CT molecular complexity index is 520. The average molecular weight is 271 g/mol. The maximum Gasteiger partial charge on any atom is 0.0858 e. The fourth-order valence-electron chi connectivity index (χ4n) is 2.93. The van der Waals surface area contributed by atoms with Crippen molar-refractivity contribution in [3.63, 3.8) is 0 Å². The summed E-state index contributed by atoms with van der Waals surface area (Å²) in [7, 11) is 0. The van der Waals surface area contributed by atoms with Crippen LogP contribution in [-0.4, -0.2) is 27.6 Å². The summed E-state index contributed by atoms with van der Waals surface area (Å²) in [5.41, 5.74) is 7.99. The Balaban J connectivity index is 1.68. The minimum Gasteiger partial charge on any atom is -0.382 e. The fourth-order valence-corrected chi connectivity index (χ4v) is 2.93. The number of benzene rings is 1. The first-order valence-electron chi connectivity index (χ1n) is 7.30. The molecule has 1 saturated carbocycles. The predicted octanol–water partition coefficient (Wildman–Crippen LogP) is 2.20. The Hall–Kier alpha value is -1.88. The molecule has 0 aliphatic heterocycles. The van der Waals surface area contributed by atoms with Crippen LogP contribution in [0.25, 0.3) is 5.69 Å². The number of nitrogens with one attached hydrogen (secondary N) is 1. The lowest BCUT2D eigenvalue weighted by Gasteiger charge is -2.32. The first-order chi connectivity index (χ1) is 9.86. The molecule has 0 saturated heterocycles. The first-order valence-corrected chi connectivity index (χ1v) is 7.30. The average Bonchev–Trinajstić information content (AvgIpc) is 3.03. The maximum atomic E-state index is 5.88. The van der Waals surface area contributed by atoms with Crippen molar-refractivity contribution < 1.29 is 0 Å². The van der Waals surface area contributed by atoms with Crippen LogP contribution >= 0.6 is 0 Å². The van der Waals surface area contributed by atoms with Crippen molar-refractivity contribution in [3.05, 3.63) is 36.7 Å². The fraction of sp³-hybridized carbons (Fsp3) is 0.467. The largest absolute Gasteiger partial charge is 0.382 e. The molecule has 0 radical (unpaired) electrons. The molecular formula is C15H21N5. The van der Waals surface area contributed by atoms with Gasteiger partial charge in [-0.1, -0.05) is 12.8 Å². The zero-order valence-corrected chi connectivity index (χ0v) is 11.6. The van der Waals surface area contributed by atoms with Gasteiger partial charge in [0, 0.05) is 11.7 Å². The van der Waals surface area contributed by atoms with E-state index >= 15 is 0 Å². The monoisotopic (exact) mass is 271 g/mol. The molecule has 3 N–H and O–H groups in total. The van der Waals surface area contributed by atoms with Crippen molar-refractivity contribution in [1.82, 2.24) is 15.0 Å². The summed E-state index contributed by atoms with van der Waals surface area (Å²) >= 11 is 0. The van der Waals surface area contributed by atoms with Gasteiger partial charge in [0.1, 0.15) is 0 Å². The molecule has 3 rings (SSSR count). The van der Waals surface area contributed by atoms with Crippen molar-refractivity contribution >= 4 is 5.69 Å². The SMILES string of the molecule is NCC1CCCCC1Nc1ccc(-n2nccn2)cc1. The number of rotatable bonds is 4. The van der Waals surface area contributed by atoms with Crippen molar-refractivity contribution in [2.75, 3.05) is 11.9 Å². The second-order valence-corrected chi connectivity index (χ2v) is 5.40. The summed E-state index contributed by atoms with van der Waals surface area (Å²) in [5, 5.41) is 11.9. The number of aromatic nitrogens is 3. The third-order valence-electron chi connectivity index (χ3n) is 4.08. The number of anilines is 1. The third kappa shape index (κ3) is 2.82. The molecule has 0 amide bonds. The highest BCUT2D eigenvalue weighted by molar-refractivity contribution is 5.49. The lowest BCUT2D eigenvalue weighted by atomic mass is 9.84. The quantitative estimate of drug-likeness (QED) is 0.894. The molecular weight excluding hydrogens is 250 g/mol. The third-order valence-corrected chi connectivity index (χ3v) is 4.08. The molecule has 1 fully saturated rings. The van der Waals surface area contributed by atoms with Crippen molar-refractivity contribution in [2.45, 2.75) is 31.7 Å². The van der Waals surface area contributed by atoms with Crippen molar-refractivity contribution in [2.24, 2.45) is 11.7 Å². The van der Waals surface area contributed by atoms with E-state index in [9.17, 15) is 0 Å². The Morgan fingerprint density at radius 3 is 2.50 bits per heavy atom. The van der Waals surface area contributed by atoms with E-state index in [1.54, 1.807) is 17.2 Å². The number of nitrogens with zero attached hydrogens (tertiary/aromatic N) is 3. The second-order valence-electron chi connectivity index (χ2n) is 5.40. The number of hydrogen-bond acceptors (Lipinski definition) is 4. The standard InChI is InChI=1S/C15H21N5/c16-11-12-3-1-2-4-15(12)19-13-5-7-14(8-6-13)20-17-9-10-18-20/h5-10,12,15,19H,1-4,11,16H2. The van der Waals surface area contributed by atoms with Crippen LogP contribution in [0.5, 0.6) is 0 Å². The van der Waals surface area contributed by atoms with E-state index in [2.05, 4.69) is 27.6 Å². The highest BCUT2D eigenvalue weighted by atomic mass is 15.5. The summed E-state index contributed by atoms with van der Waals surface area (Å²) in [4.78, 5) is 1.62. The number of nitrogens with two attached hydrogens (primary N) is 1. The molecule has 2 unspecified atom stereocenters. The Morgan fingerprint density at radius 1 is 1.10 bits per heavy atom. The highest BCUT2D eigenvalue weighted by Crippen LogP contribution is 2.26. The predicted molar refractivity (Wildman–Crippen MR) is 79.8 cm³/mol. The first kappa shape index (κ1) is 13.1. The molecule has 1 aromatic heterocycles. The van der Waals surface area contributed by atoms with Crippen LogP contribution in [0.4, 0.5) is 5.69 Å². The van der Waals surface area contributed by atoms with Crippen LogP contribution in [0.15, 0.2) is 36.7 Å². The smallest absolute Gasteiger partial charge is 0.0858 e. The Labute approximate surface area is 119 Å². The molecule has 5 heteroatoms. The maximum absolute atomic E-state index is 5.88. The van der Waals surface area contributed by atoms with E-state index in [1.807, 2.05) is 12.1 Å². The van der Waals surface area contributed by atoms with E-state index in [0.717, 1.165) is 17.9 Å². The zero-order chi connectivity index (χ0) is 13.8. The lowest BCUT2D eigenvalue weighted by Crippen LogP contribution is -2.36. The van der Waals surface area contributed by atoms with Crippen LogP contribution in [0.3, 0.4) is 0 Å². The molecule has 1 aliphatic rings. The lowest BCUT2D eigenvalue weighted by molar-refractivity contribution is 0.332. The molecule has 20 heavy (non-hydrogen) atoms. The van der Waals surface area contributed by atoms with Gasteiger partial charge in [-0.3, -0.25) is 0 Å². The van der Waals surface area contributed by atoms with E-state index in [0.29, 0.717) is 12.0 Å². The molecule has 1 aromatic carbocycles. The minimum atomic E-state index is 0.502. The van der Waals surface area contributed by atoms with Gasteiger partial charge in [-0.2, -0.15) is 15.0 Å². The van der Waals surface area contributed by atoms with Gasteiger partial charge in [0.25, 0.3) is 0 Å². The second kappa shape index (κ2) is 6.05. The molecule has 106 valence electrons. The van der Waals surface area contributed by atoms with E-state index in [4.69, 9.17) is 5.73 Å². The Kier molecular flexibility index (Phi) is 3.97. The van der Waals surface area contributed by atoms with Gasteiger partial charge in [0.05, 0.1) is 18.1 Å². The number of hydrogen-bond donors (Lipinski definition) is 2. The zero-order valence-electron chi connectivity index (χ0n) is 11.6. The van der Waals surface area contributed by atoms with Crippen LogP contribution in [0, 0.1) is 5.92 Å². The van der Waals surface area contributed by atoms with Gasteiger partial charge in [-0.15, -0.1) is 0 Å². The van der Waals surface area contributed by atoms with Crippen molar-refractivity contribution in [1.29, 1.82) is 0 Å². The summed E-state index contributed by atoms with van der Waals surface area (Å²) < 4.78 is 0. The summed E-state index contributed by atoms with van der Waals surface area (Å²) in [6, 6.07) is 8.73. The van der Waals surface area contributed by atoms with Crippen LogP contribution in [0.2, 0.25) is 0 Å². The summed E-state index contributed by atoms with van der Waals surface area (Å²) in [6.07, 6.45) is 8.42. The topological polar surface area (TPSA) is 68.8 Å². The molecule has 0 spiro atoms. The molecule has 5 nitrogen and oxygen atoms in total. The van der Waals surface area contributed by atoms with Crippen molar-refractivity contribution in [3.8, 4) is 5.69 Å². The molecule has 1 aliphatic carbocycles. The van der Waals surface area contributed by atoms with E-state index in [1.165, 1.54) is 25.7 Å². The van der Waals surface area contributed by atoms with Gasteiger partial charge in [0.15, 0.2) is 0 Å². The molecule has 2 aromatic rings. The van der Waals surface area contributed by atoms with Gasteiger partial charge in [-0.05, 0) is 49.6 Å². The molecule has 0 bridgehead atoms. The van der Waals surface area contributed by atoms with E-state index < -0.39 is 0 Å². The van der Waals surface area contributed by atoms with Gasteiger partial charge in [-0.25, -0.2) is 0 Å². The Morgan fingerprint density at radius 2 is 1.80 bits per heavy atom. The van der Waals surface area contributed by atoms with Gasteiger partial charge in [0.2, 0.25) is 0 Å². The van der Waals surface area contributed by atoms with Gasteiger partial charge >= 0.3 is 0 Å². The molecule has 2 atom stereocenters. The molecule has 1 heterocycles. The summed E-state index contributed by atoms with van der Waals surface area (Å²) in [6.45, 7) is 0.771. The van der Waals surface area contributed by atoms with E-state index in [-0.39, 0.29) is 0 Å². The van der Waals surface area contributed by atoms with Gasteiger partial charge < -0.3 is 11.1 Å². The normalized spacial score (nSPS) is 22.6. The summed E-state index contributed by atoms with van der Waals surface area (Å²) in [5.74, 6) is 0.594. The van der Waals surface area contributed by atoms with Crippen LogP contribution in [-0.2, 0) is 0 Å². The van der Waals surface area contributed by atoms with Crippen LogP contribution in [0.1, 0.15) is 25.7 Å².